The predicted molar refractivity (Wildman–Crippen MR) is 103 cm³/mol. The molecule has 0 fully saturated rings. The maximum atomic E-state index is 12.8. The van der Waals surface area contributed by atoms with Crippen molar-refractivity contribution in [3.63, 3.8) is 0 Å². The molecule has 27 heavy (non-hydrogen) atoms. The van der Waals surface area contributed by atoms with Gasteiger partial charge in [0.1, 0.15) is 0 Å². The summed E-state index contributed by atoms with van der Waals surface area (Å²) in [4.78, 5) is 39.1. The summed E-state index contributed by atoms with van der Waals surface area (Å²) in [6.45, 7) is 0.726. The second kappa shape index (κ2) is 11.1. The van der Waals surface area contributed by atoms with Gasteiger partial charge in [-0.3, -0.25) is 9.59 Å². The molecule has 144 valence electrons. The minimum absolute atomic E-state index is 0.0369. The van der Waals surface area contributed by atoms with Crippen LogP contribution in [-0.4, -0.2) is 41.0 Å². The molecule has 2 aromatic rings. The van der Waals surface area contributed by atoms with Gasteiger partial charge in [-0.15, -0.1) is 11.3 Å². The molecule has 0 spiro atoms. The first kappa shape index (κ1) is 20.6. The largest absolute Gasteiger partial charge is 0.465 e. The van der Waals surface area contributed by atoms with E-state index in [2.05, 4.69) is 15.6 Å². The zero-order valence-corrected chi connectivity index (χ0v) is 15.7. The third kappa shape index (κ3) is 7.18. The molecular weight excluding hydrogens is 366 g/mol. The molecule has 0 saturated carbocycles. The van der Waals surface area contributed by atoms with Gasteiger partial charge in [-0.1, -0.05) is 30.3 Å². The van der Waals surface area contributed by atoms with E-state index in [1.54, 1.807) is 11.6 Å². The van der Waals surface area contributed by atoms with E-state index in [1.165, 1.54) is 11.3 Å². The number of nitrogens with zero attached hydrogens (tertiary/aromatic N) is 1. The number of hydrogen-bond donors (Lipinski definition) is 3. The van der Waals surface area contributed by atoms with Crippen molar-refractivity contribution in [3.8, 4) is 0 Å². The topological polar surface area (TPSA) is 108 Å². The Bertz CT molecular complexity index is 735. The van der Waals surface area contributed by atoms with Crippen LogP contribution in [0.5, 0.6) is 0 Å². The van der Waals surface area contributed by atoms with Crippen LogP contribution in [0.4, 0.5) is 4.79 Å². The highest BCUT2D eigenvalue weighted by Crippen LogP contribution is 2.25. The number of nitrogens with one attached hydrogen (secondary N) is 2. The van der Waals surface area contributed by atoms with Crippen molar-refractivity contribution in [1.82, 2.24) is 15.6 Å². The molecule has 0 aliphatic rings. The Morgan fingerprint density at radius 2 is 1.85 bits per heavy atom. The van der Waals surface area contributed by atoms with Gasteiger partial charge in [-0.25, -0.2) is 9.78 Å². The first-order valence-electron chi connectivity index (χ1n) is 8.80. The molecule has 7 nitrogen and oxygen atoms in total. The lowest BCUT2D eigenvalue weighted by molar-refractivity contribution is -0.121. The molecule has 0 radical (unpaired) electrons. The Morgan fingerprint density at radius 1 is 1.07 bits per heavy atom. The molecule has 0 saturated heterocycles. The fourth-order valence-electron chi connectivity index (χ4n) is 2.68. The second-order valence-corrected chi connectivity index (χ2v) is 6.89. The van der Waals surface area contributed by atoms with Gasteiger partial charge in [0.2, 0.25) is 5.91 Å². The normalized spacial score (nSPS) is 11.6. The first-order chi connectivity index (χ1) is 13.1. The highest BCUT2D eigenvalue weighted by atomic mass is 32.1. The minimum Gasteiger partial charge on any atom is -0.465 e. The Balaban J connectivity index is 1.81. The number of ketones is 1. The molecule has 1 atom stereocenters. The lowest BCUT2D eigenvalue weighted by Gasteiger charge is -2.15. The van der Waals surface area contributed by atoms with Crippen molar-refractivity contribution in [1.29, 1.82) is 0 Å². The summed E-state index contributed by atoms with van der Waals surface area (Å²) in [5, 5.41) is 15.8. The number of carboxylic acid groups (broad SMARTS) is 1. The van der Waals surface area contributed by atoms with Crippen molar-refractivity contribution < 1.29 is 19.5 Å². The fourth-order valence-corrected chi connectivity index (χ4v) is 3.31. The van der Waals surface area contributed by atoms with Gasteiger partial charge in [0.25, 0.3) is 0 Å². The molecule has 0 bridgehead atoms. The molecule has 0 aliphatic heterocycles. The zero-order valence-electron chi connectivity index (χ0n) is 14.9. The lowest BCUT2D eigenvalue weighted by Crippen LogP contribution is -2.27. The van der Waals surface area contributed by atoms with E-state index in [0.717, 1.165) is 5.56 Å². The molecule has 1 aromatic carbocycles. The summed E-state index contributed by atoms with van der Waals surface area (Å²) in [6.07, 6.45) is 2.59. The standard InChI is InChI=1S/C19H23N3O4S/c23-16(8-4-5-10-22-19(25)26)20-11-9-15(14-6-2-1-3-7-14)17(24)18-21-12-13-27-18/h1-3,6-7,12-13,15,22H,4-5,8-11H2,(H,20,23)(H,25,26). The lowest BCUT2D eigenvalue weighted by atomic mass is 9.91. The highest BCUT2D eigenvalue weighted by Gasteiger charge is 2.23. The highest BCUT2D eigenvalue weighted by molar-refractivity contribution is 7.11. The van der Waals surface area contributed by atoms with Crippen LogP contribution in [0.15, 0.2) is 41.9 Å². The van der Waals surface area contributed by atoms with E-state index in [4.69, 9.17) is 5.11 Å². The van der Waals surface area contributed by atoms with Crippen LogP contribution < -0.4 is 10.6 Å². The Morgan fingerprint density at radius 3 is 2.52 bits per heavy atom. The number of carbonyl (C=O) groups is 3. The van der Waals surface area contributed by atoms with Crippen LogP contribution in [0.2, 0.25) is 0 Å². The summed E-state index contributed by atoms with van der Waals surface area (Å²) in [6, 6.07) is 9.50. The number of benzene rings is 1. The van der Waals surface area contributed by atoms with Crippen molar-refractivity contribution in [2.75, 3.05) is 13.1 Å². The summed E-state index contributed by atoms with van der Waals surface area (Å²) in [7, 11) is 0. The summed E-state index contributed by atoms with van der Waals surface area (Å²) in [5.74, 6) is -0.485. The molecule has 3 N–H and O–H groups in total. The van der Waals surface area contributed by atoms with Crippen LogP contribution in [0.25, 0.3) is 0 Å². The number of carbonyl (C=O) groups excluding carboxylic acids is 2. The van der Waals surface area contributed by atoms with Gasteiger partial charge in [0, 0.05) is 31.1 Å². The Hall–Kier alpha value is -2.74. The number of rotatable bonds is 11. The van der Waals surface area contributed by atoms with Gasteiger partial charge in [-0.05, 0) is 24.8 Å². The third-order valence-electron chi connectivity index (χ3n) is 4.02. The van der Waals surface area contributed by atoms with Gasteiger partial charge in [0.05, 0.1) is 5.92 Å². The van der Waals surface area contributed by atoms with Crippen LogP contribution >= 0.6 is 11.3 Å². The second-order valence-electron chi connectivity index (χ2n) is 5.99. The van der Waals surface area contributed by atoms with E-state index in [-0.39, 0.29) is 17.6 Å². The number of aromatic nitrogens is 1. The van der Waals surface area contributed by atoms with Crippen molar-refractivity contribution in [3.05, 3.63) is 52.5 Å². The van der Waals surface area contributed by atoms with Gasteiger partial charge in [-0.2, -0.15) is 0 Å². The SMILES string of the molecule is O=C(O)NCCCCC(=O)NCCC(C(=O)c1nccs1)c1ccccc1. The Labute approximate surface area is 161 Å². The van der Waals surface area contributed by atoms with Gasteiger partial charge < -0.3 is 15.7 Å². The third-order valence-corrected chi connectivity index (χ3v) is 4.81. The van der Waals surface area contributed by atoms with E-state index in [0.29, 0.717) is 43.8 Å². The van der Waals surface area contributed by atoms with Crippen LogP contribution in [0, 0.1) is 0 Å². The maximum absolute atomic E-state index is 12.8. The summed E-state index contributed by atoms with van der Waals surface area (Å²) >= 11 is 1.32. The molecule has 1 aromatic heterocycles. The quantitative estimate of drug-likeness (QED) is 0.404. The number of thiazole rings is 1. The average molecular weight is 389 g/mol. The van der Waals surface area contributed by atoms with E-state index in [9.17, 15) is 14.4 Å². The average Bonchev–Trinajstić information content (AvgIpc) is 3.20. The van der Waals surface area contributed by atoms with Crippen molar-refractivity contribution >= 4 is 29.1 Å². The monoisotopic (exact) mass is 389 g/mol. The smallest absolute Gasteiger partial charge is 0.404 e. The van der Waals surface area contributed by atoms with Crippen LogP contribution in [-0.2, 0) is 4.79 Å². The molecule has 1 heterocycles. The van der Waals surface area contributed by atoms with Crippen molar-refractivity contribution in [2.24, 2.45) is 0 Å². The number of unbranched alkanes of at least 4 members (excludes halogenated alkanes) is 1. The maximum Gasteiger partial charge on any atom is 0.404 e. The molecular formula is C19H23N3O4S. The number of Topliss-reactive ketones (excluding diaryl/α,β-unsaturated/α-hetero) is 1. The molecule has 2 rings (SSSR count). The Kier molecular flexibility index (Phi) is 8.44. The minimum atomic E-state index is -1.06. The van der Waals surface area contributed by atoms with Crippen LogP contribution in [0.3, 0.4) is 0 Å². The first-order valence-corrected chi connectivity index (χ1v) is 9.68. The molecule has 1 unspecified atom stereocenters. The molecule has 2 amide bonds. The fraction of sp³-hybridized carbons (Fsp3) is 0.368. The van der Waals surface area contributed by atoms with Gasteiger partial charge >= 0.3 is 6.09 Å². The van der Waals surface area contributed by atoms with E-state index < -0.39 is 6.09 Å². The predicted octanol–water partition coefficient (Wildman–Crippen LogP) is 3.05. The van der Waals surface area contributed by atoms with Gasteiger partial charge in [0.15, 0.2) is 10.8 Å². The van der Waals surface area contributed by atoms with Crippen LogP contribution in [0.1, 0.15) is 47.0 Å². The van der Waals surface area contributed by atoms with E-state index in [1.807, 2.05) is 30.3 Å². The van der Waals surface area contributed by atoms with E-state index >= 15 is 0 Å². The number of amides is 2. The molecule has 0 aliphatic carbocycles. The number of hydrogen-bond acceptors (Lipinski definition) is 5. The molecule has 8 heteroatoms. The summed E-state index contributed by atoms with van der Waals surface area (Å²) < 4.78 is 0. The van der Waals surface area contributed by atoms with Crippen molar-refractivity contribution in [2.45, 2.75) is 31.6 Å². The zero-order chi connectivity index (χ0) is 19.5. The summed E-state index contributed by atoms with van der Waals surface area (Å²) in [5.41, 5.74) is 0.909.